The van der Waals surface area contributed by atoms with Gasteiger partial charge >= 0.3 is 0 Å². The summed E-state index contributed by atoms with van der Waals surface area (Å²) >= 11 is 0. The number of fused-ring (bicyclic) bond motifs is 1. The monoisotopic (exact) mass is 742 g/mol. The van der Waals surface area contributed by atoms with E-state index >= 15 is 0 Å². The van der Waals surface area contributed by atoms with Crippen LogP contribution in [0.3, 0.4) is 0 Å². The molecule has 0 saturated carbocycles. The average molecular weight is 743 g/mol. The third kappa shape index (κ3) is 8.56. The number of rotatable bonds is 14. The number of carbonyl (C=O) groups is 6. The summed E-state index contributed by atoms with van der Waals surface area (Å²) < 4.78 is 5.63. The van der Waals surface area contributed by atoms with E-state index < -0.39 is 42.2 Å². The molecule has 0 aliphatic carbocycles. The van der Waals surface area contributed by atoms with Crippen LogP contribution in [0.15, 0.2) is 48.5 Å². The molecule has 1 atom stereocenters. The number of imide groups is 2. The lowest BCUT2D eigenvalue weighted by atomic mass is 10.0. The van der Waals surface area contributed by atoms with Gasteiger partial charge in [0.1, 0.15) is 17.5 Å². The second-order valence-corrected chi connectivity index (χ2v) is 13.2. The number of nitrogens with two attached hydrogens (primary N) is 1. The van der Waals surface area contributed by atoms with Crippen LogP contribution in [0, 0.1) is 0 Å². The number of nitrogens with zero attached hydrogens (tertiary/aromatic N) is 6. The van der Waals surface area contributed by atoms with E-state index in [-0.39, 0.29) is 47.9 Å². The highest BCUT2D eigenvalue weighted by Gasteiger charge is 2.46. The number of piperidine rings is 1. The molecular weight excluding hydrogens is 700 g/mol. The molecule has 4 heterocycles. The Morgan fingerprint density at radius 2 is 1.65 bits per heavy atom. The van der Waals surface area contributed by atoms with E-state index in [2.05, 4.69) is 35.9 Å². The quantitative estimate of drug-likeness (QED) is 0.127. The summed E-state index contributed by atoms with van der Waals surface area (Å²) in [5.74, 6) is -2.65. The van der Waals surface area contributed by atoms with Crippen LogP contribution in [-0.2, 0) is 19.2 Å². The molecule has 18 heteroatoms. The zero-order valence-electron chi connectivity index (χ0n) is 29.7. The number of benzene rings is 2. The Hall–Kier alpha value is -6.14. The zero-order valence-corrected chi connectivity index (χ0v) is 29.7. The van der Waals surface area contributed by atoms with Gasteiger partial charge < -0.3 is 36.0 Å². The highest BCUT2D eigenvalue weighted by molar-refractivity contribution is 6.24. The standard InChI is InChI=1S/C36H42N10O8/c1-43(13-11-38-30(49)20-44-15-17-45(18-16-44)26-19-24(41-42-33(26)37)22-5-2-3-7-27(22)47)14-12-39-31(50)21-54-28-8-4-6-23-32(28)36(53)46(35(23)52)25-9-10-29(48)40-34(25)51/h2-8,19,25,47H,9-18,20-21H2,1H3,(H2,37,42)(H,38,49)(H,39,50)(H,40,48,51). The van der Waals surface area contributed by atoms with Crippen molar-refractivity contribution in [1.29, 1.82) is 0 Å². The fraction of sp³-hybridized carbons (Fsp3) is 0.389. The van der Waals surface area contributed by atoms with Gasteiger partial charge in [-0.25, -0.2) is 0 Å². The summed E-state index contributed by atoms with van der Waals surface area (Å²) in [4.78, 5) is 82.3. The van der Waals surface area contributed by atoms with Gasteiger partial charge in [-0.1, -0.05) is 18.2 Å². The van der Waals surface area contributed by atoms with Gasteiger partial charge in [0.05, 0.1) is 29.1 Å². The van der Waals surface area contributed by atoms with Gasteiger partial charge in [-0.2, -0.15) is 0 Å². The summed E-state index contributed by atoms with van der Waals surface area (Å²) in [7, 11) is 1.86. The Kier molecular flexibility index (Phi) is 11.6. The molecule has 54 heavy (non-hydrogen) atoms. The van der Waals surface area contributed by atoms with E-state index in [1.165, 1.54) is 18.2 Å². The van der Waals surface area contributed by atoms with Gasteiger partial charge in [0.2, 0.25) is 17.7 Å². The molecule has 18 nitrogen and oxygen atoms in total. The summed E-state index contributed by atoms with van der Waals surface area (Å²) in [5, 5.41) is 26.3. The maximum atomic E-state index is 13.2. The Balaban J connectivity index is 0.869. The molecule has 2 fully saturated rings. The number of hydrogen-bond acceptors (Lipinski definition) is 14. The molecule has 1 unspecified atom stereocenters. The molecule has 6 N–H and O–H groups in total. The van der Waals surface area contributed by atoms with Gasteiger partial charge in [0.25, 0.3) is 17.7 Å². The molecule has 0 spiro atoms. The molecule has 2 aromatic carbocycles. The van der Waals surface area contributed by atoms with Gasteiger partial charge in [-0.05, 0) is 43.8 Å². The lowest BCUT2D eigenvalue weighted by molar-refractivity contribution is -0.136. The number of piperazine rings is 1. The van der Waals surface area contributed by atoms with Crippen LogP contribution in [-0.4, -0.2) is 144 Å². The first-order chi connectivity index (χ1) is 26.0. The Morgan fingerprint density at radius 3 is 2.37 bits per heavy atom. The number of amides is 6. The third-order valence-corrected chi connectivity index (χ3v) is 9.48. The van der Waals surface area contributed by atoms with E-state index in [0.29, 0.717) is 69.4 Å². The van der Waals surface area contributed by atoms with Crippen molar-refractivity contribution in [2.75, 3.05) is 83.2 Å². The molecule has 0 radical (unpaired) electrons. The van der Waals surface area contributed by atoms with Crippen molar-refractivity contribution < 1.29 is 38.6 Å². The van der Waals surface area contributed by atoms with Gasteiger partial charge in [0.15, 0.2) is 12.4 Å². The van der Waals surface area contributed by atoms with E-state index in [1.807, 2.05) is 24.1 Å². The van der Waals surface area contributed by atoms with Crippen molar-refractivity contribution in [3.63, 3.8) is 0 Å². The number of phenols is 1. The number of nitrogens with one attached hydrogen (secondary N) is 3. The number of aromatic nitrogens is 2. The molecule has 2 saturated heterocycles. The number of para-hydroxylation sites is 1. The first-order valence-corrected chi connectivity index (χ1v) is 17.6. The van der Waals surface area contributed by atoms with E-state index in [1.54, 1.807) is 18.2 Å². The Morgan fingerprint density at radius 1 is 0.944 bits per heavy atom. The molecule has 284 valence electrons. The van der Waals surface area contributed by atoms with Gasteiger partial charge in [-0.15, -0.1) is 10.2 Å². The first kappa shape index (κ1) is 37.6. The number of anilines is 2. The summed E-state index contributed by atoms with van der Waals surface area (Å²) in [6, 6.07) is 12.1. The third-order valence-electron chi connectivity index (χ3n) is 9.48. The normalized spacial score (nSPS) is 17.4. The lowest BCUT2D eigenvalue weighted by Gasteiger charge is -2.36. The molecule has 1 aromatic heterocycles. The molecule has 3 aromatic rings. The van der Waals surface area contributed by atoms with Crippen LogP contribution >= 0.6 is 0 Å². The lowest BCUT2D eigenvalue weighted by Crippen LogP contribution is -2.54. The topological polar surface area (TPSA) is 233 Å². The molecular formula is C36H42N10O8. The van der Waals surface area contributed by atoms with Gasteiger partial charge in [-0.3, -0.25) is 43.9 Å². The van der Waals surface area contributed by atoms with Crippen molar-refractivity contribution >= 4 is 46.9 Å². The molecule has 0 bridgehead atoms. The van der Waals surface area contributed by atoms with Crippen LogP contribution in [0.1, 0.15) is 33.6 Å². The van der Waals surface area contributed by atoms with Crippen LogP contribution in [0.2, 0.25) is 0 Å². The van der Waals surface area contributed by atoms with Crippen LogP contribution in [0.25, 0.3) is 11.3 Å². The zero-order chi connectivity index (χ0) is 38.4. The first-order valence-electron chi connectivity index (χ1n) is 17.6. The number of carbonyl (C=O) groups excluding carboxylic acids is 6. The maximum absolute atomic E-state index is 13.2. The molecule has 3 aliphatic rings. The van der Waals surface area contributed by atoms with Crippen molar-refractivity contribution in [3.05, 3.63) is 59.7 Å². The summed E-state index contributed by atoms with van der Waals surface area (Å²) in [5.41, 5.74) is 7.99. The number of nitrogen functional groups attached to an aromatic ring is 1. The predicted molar refractivity (Wildman–Crippen MR) is 194 cm³/mol. The average Bonchev–Trinajstić information content (AvgIpc) is 3.40. The minimum absolute atomic E-state index is 0.00502. The highest BCUT2D eigenvalue weighted by atomic mass is 16.5. The fourth-order valence-electron chi connectivity index (χ4n) is 6.56. The van der Waals surface area contributed by atoms with Gasteiger partial charge in [0, 0.05) is 64.3 Å². The van der Waals surface area contributed by atoms with Crippen molar-refractivity contribution in [1.82, 2.24) is 40.8 Å². The second kappa shape index (κ2) is 16.7. The predicted octanol–water partition coefficient (Wildman–Crippen LogP) is -0.802. The number of likely N-dealkylation sites (N-methyl/N-ethyl adjacent to an activating group) is 1. The smallest absolute Gasteiger partial charge is 0.266 e. The van der Waals surface area contributed by atoms with Crippen molar-refractivity contribution in [2.24, 2.45) is 0 Å². The molecule has 6 amide bonds. The fourth-order valence-corrected chi connectivity index (χ4v) is 6.56. The number of ether oxygens (including phenoxy) is 1. The summed E-state index contributed by atoms with van der Waals surface area (Å²) in [6.07, 6.45) is 0.0346. The minimum Gasteiger partial charge on any atom is -0.507 e. The SMILES string of the molecule is CN(CCNC(=O)COc1cccc2c1C(=O)N(C1CCC(=O)NC1=O)C2=O)CCNC(=O)CN1CCN(c2cc(-c3ccccc3O)nnc2N)CC1. The maximum Gasteiger partial charge on any atom is 0.266 e. The van der Waals surface area contributed by atoms with Crippen LogP contribution in [0.4, 0.5) is 11.5 Å². The van der Waals surface area contributed by atoms with E-state index in [0.717, 1.165) is 10.6 Å². The summed E-state index contributed by atoms with van der Waals surface area (Å²) in [6.45, 7) is 4.18. The Labute approximate surface area is 310 Å². The van der Waals surface area contributed by atoms with Crippen molar-refractivity contribution in [3.8, 4) is 22.8 Å². The van der Waals surface area contributed by atoms with E-state index in [9.17, 15) is 33.9 Å². The van der Waals surface area contributed by atoms with Crippen molar-refractivity contribution in [2.45, 2.75) is 18.9 Å². The minimum atomic E-state index is -1.11. The molecule has 6 rings (SSSR count). The number of aromatic hydroxyl groups is 1. The molecule has 3 aliphatic heterocycles. The highest BCUT2D eigenvalue weighted by Crippen LogP contribution is 2.34. The van der Waals surface area contributed by atoms with E-state index in [4.69, 9.17) is 10.5 Å². The number of phenolic OH excluding ortho intramolecular Hbond substituents is 1. The second-order valence-electron chi connectivity index (χ2n) is 13.2. The largest absolute Gasteiger partial charge is 0.507 e. The van der Waals surface area contributed by atoms with Crippen LogP contribution < -0.4 is 31.3 Å². The number of hydrogen-bond donors (Lipinski definition) is 5. The van der Waals surface area contributed by atoms with Crippen LogP contribution in [0.5, 0.6) is 11.5 Å². The Bertz CT molecular complexity index is 1950.